The third-order valence-electron chi connectivity index (χ3n) is 4.52. The molecule has 1 nitrogen and oxygen atoms in total. The first-order chi connectivity index (χ1) is 10.1. The molecule has 2 aromatic carbocycles. The van der Waals surface area contributed by atoms with E-state index < -0.39 is 6.10 Å². The molecule has 21 heavy (non-hydrogen) atoms. The largest absolute Gasteiger partial charge is 0.388 e. The van der Waals surface area contributed by atoms with Crippen LogP contribution in [0.5, 0.6) is 0 Å². The first kappa shape index (κ1) is 14.6. The highest BCUT2D eigenvalue weighted by Gasteiger charge is 2.24. The van der Waals surface area contributed by atoms with Crippen molar-refractivity contribution in [3.8, 4) is 0 Å². The summed E-state index contributed by atoms with van der Waals surface area (Å²) in [5.41, 5.74) is 4.83. The minimum Gasteiger partial charge on any atom is -0.388 e. The average Bonchev–Trinajstić information content (AvgIpc) is 2.47. The van der Waals surface area contributed by atoms with Gasteiger partial charge in [-0.15, -0.1) is 0 Å². The molecule has 0 aliphatic heterocycles. The predicted molar refractivity (Wildman–Crippen MR) is 87.9 cm³/mol. The molecule has 0 heterocycles. The Labute approximate surface area is 131 Å². The molecule has 0 bridgehead atoms. The summed E-state index contributed by atoms with van der Waals surface area (Å²) in [6, 6.07) is 14.5. The lowest BCUT2D eigenvalue weighted by Crippen LogP contribution is -2.13. The molecule has 3 rings (SSSR count). The lowest BCUT2D eigenvalue weighted by Gasteiger charge is -2.27. The molecule has 2 atom stereocenters. The van der Waals surface area contributed by atoms with Crippen LogP contribution in [0, 0.1) is 6.92 Å². The van der Waals surface area contributed by atoms with Crippen molar-refractivity contribution < 1.29 is 5.11 Å². The Kier molecular flexibility index (Phi) is 4.32. The van der Waals surface area contributed by atoms with Crippen molar-refractivity contribution in [3.63, 3.8) is 0 Å². The Morgan fingerprint density at radius 2 is 2.05 bits per heavy atom. The molecule has 110 valence electrons. The van der Waals surface area contributed by atoms with Crippen LogP contribution in [0.2, 0.25) is 5.02 Å². The van der Waals surface area contributed by atoms with E-state index in [1.165, 1.54) is 17.5 Å². The SMILES string of the molecule is Cc1ccc(C(O)CC2CCCc3ccccc32)c(Cl)c1. The van der Waals surface area contributed by atoms with Crippen LogP contribution in [-0.4, -0.2) is 5.11 Å². The summed E-state index contributed by atoms with van der Waals surface area (Å²) in [6.45, 7) is 2.01. The van der Waals surface area contributed by atoms with Crippen LogP contribution in [0.25, 0.3) is 0 Å². The van der Waals surface area contributed by atoms with E-state index in [1.54, 1.807) is 0 Å². The van der Waals surface area contributed by atoms with E-state index >= 15 is 0 Å². The molecular formula is C19H21ClO. The fourth-order valence-corrected chi connectivity index (χ4v) is 3.76. The Bertz CT molecular complexity index is 635. The van der Waals surface area contributed by atoms with Crippen molar-refractivity contribution in [1.29, 1.82) is 0 Å². The summed E-state index contributed by atoms with van der Waals surface area (Å²) in [7, 11) is 0. The van der Waals surface area contributed by atoms with E-state index in [4.69, 9.17) is 11.6 Å². The van der Waals surface area contributed by atoms with Crippen molar-refractivity contribution in [3.05, 3.63) is 69.7 Å². The molecular weight excluding hydrogens is 280 g/mol. The summed E-state index contributed by atoms with van der Waals surface area (Å²) in [5, 5.41) is 11.3. The van der Waals surface area contributed by atoms with E-state index in [0.717, 1.165) is 30.4 Å². The molecule has 0 saturated heterocycles. The van der Waals surface area contributed by atoms with Gasteiger partial charge in [-0.25, -0.2) is 0 Å². The molecule has 2 unspecified atom stereocenters. The minimum absolute atomic E-state index is 0.433. The summed E-state index contributed by atoms with van der Waals surface area (Å²) >= 11 is 6.28. The van der Waals surface area contributed by atoms with Gasteiger partial charge >= 0.3 is 0 Å². The maximum Gasteiger partial charge on any atom is 0.0810 e. The molecule has 1 aliphatic rings. The Balaban J connectivity index is 1.81. The van der Waals surface area contributed by atoms with E-state index in [2.05, 4.69) is 24.3 Å². The van der Waals surface area contributed by atoms with Crippen molar-refractivity contribution in [2.24, 2.45) is 0 Å². The van der Waals surface area contributed by atoms with Gasteiger partial charge in [-0.3, -0.25) is 0 Å². The molecule has 2 heteroatoms. The van der Waals surface area contributed by atoms with E-state index in [9.17, 15) is 5.11 Å². The summed E-state index contributed by atoms with van der Waals surface area (Å²) < 4.78 is 0. The number of aliphatic hydroxyl groups is 1. The number of fused-ring (bicyclic) bond motifs is 1. The highest BCUT2D eigenvalue weighted by atomic mass is 35.5. The van der Waals surface area contributed by atoms with Crippen LogP contribution in [0.1, 0.15) is 53.5 Å². The summed E-state index contributed by atoms with van der Waals surface area (Å²) in [5.74, 6) is 0.433. The molecule has 2 aromatic rings. The van der Waals surface area contributed by atoms with Crippen LogP contribution in [0.4, 0.5) is 0 Å². The Morgan fingerprint density at radius 1 is 1.24 bits per heavy atom. The molecule has 0 radical (unpaired) electrons. The first-order valence-electron chi connectivity index (χ1n) is 7.67. The van der Waals surface area contributed by atoms with Crippen molar-refractivity contribution in [2.45, 2.75) is 44.6 Å². The summed E-state index contributed by atoms with van der Waals surface area (Å²) in [4.78, 5) is 0. The highest BCUT2D eigenvalue weighted by molar-refractivity contribution is 6.31. The van der Waals surface area contributed by atoms with Gasteiger partial charge in [0.15, 0.2) is 0 Å². The van der Waals surface area contributed by atoms with Gasteiger partial charge in [0.1, 0.15) is 0 Å². The van der Waals surface area contributed by atoms with Gasteiger partial charge in [0.25, 0.3) is 0 Å². The lowest BCUT2D eigenvalue weighted by molar-refractivity contribution is 0.154. The molecule has 1 N–H and O–H groups in total. The fraction of sp³-hybridized carbons (Fsp3) is 0.368. The smallest absolute Gasteiger partial charge is 0.0810 e. The van der Waals surface area contributed by atoms with Gasteiger partial charge in [-0.2, -0.15) is 0 Å². The van der Waals surface area contributed by atoms with Crippen molar-refractivity contribution in [1.82, 2.24) is 0 Å². The third-order valence-corrected chi connectivity index (χ3v) is 4.84. The molecule has 0 fully saturated rings. The maximum absolute atomic E-state index is 10.6. The monoisotopic (exact) mass is 300 g/mol. The van der Waals surface area contributed by atoms with Crippen LogP contribution in [0.15, 0.2) is 42.5 Å². The topological polar surface area (TPSA) is 20.2 Å². The average molecular weight is 301 g/mol. The predicted octanol–water partition coefficient (Wildman–Crippen LogP) is 5.19. The van der Waals surface area contributed by atoms with Crippen molar-refractivity contribution >= 4 is 11.6 Å². The standard InChI is InChI=1S/C19H21ClO/c1-13-9-10-17(18(20)11-13)19(21)12-15-7-4-6-14-5-2-3-8-16(14)15/h2-3,5,8-11,15,19,21H,4,6-7,12H2,1H3. The Morgan fingerprint density at radius 3 is 2.86 bits per heavy atom. The second kappa shape index (κ2) is 6.21. The second-order valence-electron chi connectivity index (χ2n) is 6.06. The zero-order valence-electron chi connectivity index (χ0n) is 12.3. The number of hydrogen-bond acceptors (Lipinski definition) is 1. The number of rotatable bonds is 3. The summed E-state index contributed by atoms with van der Waals surface area (Å²) in [6.07, 6.45) is 3.77. The Hall–Kier alpha value is -1.31. The number of benzene rings is 2. The van der Waals surface area contributed by atoms with E-state index in [0.29, 0.717) is 10.9 Å². The maximum atomic E-state index is 10.6. The first-order valence-corrected chi connectivity index (χ1v) is 8.05. The quantitative estimate of drug-likeness (QED) is 0.827. The van der Waals surface area contributed by atoms with Gasteiger partial charge < -0.3 is 5.11 Å². The van der Waals surface area contributed by atoms with E-state index in [1.807, 2.05) is 25.1 Å². The molecule has 0 amide bonds. The zero-order chi connectivity index (χ0) is 14.8. The van der Waals surface area contributed by atoms with Crippen LogP contribution >= 0.6 is 11.6 Å². The second-order valence-corrected chi connectivity index (χ2v) is 6.47. The number of hydrogen-bond donors (Lipinski definition) is 1. The van der Waals surface area contributed by atoms with E-state index in [-0.39, 0.29) is 0 Å². The molecule has 1 aliphatic carbocycles. The number of aryl methyl sites for hydroxylation is 2. The molecule has 0 spiro atoms. The van der Waals surface area contributed by atoms with Crippen LogP contribution in [-0.2, 0) is 6.42 Å². The molecule has 0 saturated carbocycles. The minimum atomic E-state index is -0.491. The van der Waals surface area contributed by atoms with Gasteiger partial charge in [0, 0.05) is 5.02 Å². The number of aliphatic hydroxyl groups excluding tert-OH is 1. The van der Waals surface area contributed by atoms with Crippen LogP contribution < -0.4 is 0 Å². The number of halogens is 1. The third kappa shape index (κ3) is 3.14. The zero-order valence-corrected chi connectivity index (χ0v) is 13.1. The van der Waals surface area contributed by atoms with Gasteiger partial charge in [0.2, 0.25) is 0 Å². The normalized spacial score (nSPS) is 19.1. The van der Waals surface area contributed by atoms with Gasteiger partial charge in [-0.1, -0.05) is 48.0 Å². The van der Waals surface area contributed by atoms with Crippen molar-refractivity contribution in [2.75, 3.05) is 0 Å². The van der Waals surface area contributed by atoms with Gasteiger partial charge in [-0.05, 0) is 66.8 Å². The lowest BCUT2D eigenvalue weighted by atomic mass is 9.79. The van der Waals surface area contributed by atoms with Crippen LogP contribution in [0.3, 0.4) is 0 Å². The fourth-order valence-electron chi connectivity index (χ4n) is 3.40. The molecule has 0 aromatic heterocycles. The van der Waals surface area contributed by atoms with Gasteiger partial charge in [0.05, 0.1) is 6.10 Å². The highest BCUT2D eigenvalue weighted by Crippen LogP contribution is 2.38.